The van der Waals surface area contributed by atoms with Gasteiger partial charge < -0.3 is 9.57 Å². The van der Waals surface area contributed by atoms with Gasteiger partial charge in [-0.25, -0.2) is 5.84 Å². The second-order valence-electron chi connectivity index (χ2n) is 3.40. The van der Waals surface area contributed by atoms with Gasteiger partial charge in [-0.3, -0.25) is 14.9 Å². The molecule has 0 aliphatic rings. The Kier molecular flexibility index (Phi) is 5.03. The Labute approximate surface area is 103 Å². The number of aryl methyl sites for hydroxylation is 1. The first-order valence-corrected chi connectivity index (χ1v) is 5.07. The van der Waals surface area contributed by atoms with Gasteiger partial charge in [-0.1, -0.05) is 5.59 Å². The Hall–Kier alpha value is -2.19. The lowest BCUT2D eigenvalue weighted by atomic mass is 10.2. The van der Waals surface area contributed by atoms with Crippen LogP contribution in [0.5, 0.6) is 5.75 Å². The summed E-state index contributed by atoms with van der Waals surface area (Å²) in [5.41, 5.74) is 2.38. The van der Waals surface area contributed by atoms with Crippen molar-refractivity contribution in [3.63, 3.8) is 0 Å². The number of nitrogens with zero attached hydrogens (tertiary/aromatic N) is 1. The van der Waals surface area contributed by atoms with Crippen LogP contribution in [0, 0.1) is 17.0 Å². The Morgan fingerprint density at radius 2 is 2.28 bits per heavy atom. The molecule has 0 aliphatic heterocycles. The summed E-state index contributed by atoms with van der Waals surface area (Å²) in [5.74, 6) is 4.71. The van der Waals surface area contributed by atoms with E-state index in [1.165, 1.54) is 18.2 Å². The number of nitrogens with one attached hydrogen (secondary N) is 1. The first kappa shape index (κ1) is 13.9. The predicted octanol–water partition coefficient (Wildman–Crippen LogP) is 0.594. The SMILES string of the molecule is Cc1cc([N+](=O)[O-])ccc1OCCC(=O)ONN. The number of hydrazine groups is 1. The lowest BCUT2D eigenvalue weighted by Crippen LogP contribution is -2.27. The fourth-order valence-corrected chi connectivity index (χ4v) is 1.27. The average molecular weight is 255 g/mol. The molecular formula is C10H13N3O5. The number of non-ortho nitro benzene ring substituents is 1. The van der Waals surface area contributed by atoms with Crippen LogP contribution in [-0.2, 0) is 9.63 Å². The van der Waals surface area contributed by atoms with Crippen molar-refractivity contribution in [2.75, 3.05) is 6.61 Å². The lowest BCUT2D eigenvalue weighted by molar-refractivity contribution is -0.384. The van der Waals surface area contributed by atoms with Gasteiger partial charge in [0.15, 0.2) is 0 Å². The maximum absolute atomic E-state index is 10.9. The van der Waals surface area contributed by atoms with E-state index in [1.54, 1.807) is 12.5 Å². The molecule has 0 aliphatic carbocycles. The Balaban J connectivity index is 2.53. The molecule has 0 radical (unpaired) electrons. The number of hydrogen-bond donors (Lipinski definition) is 2. The minimum absolute atomic E-state index is 0.00779. The molecule has 0 saturated heterocycles. The first-order valence-electron chi connectivity index (χ1n) is 5.07. The summed E-state index contributed by atoms with van der Waals surface area (Å²) in [7, 11) is 0. The highest BCUT2D eigenvalue weighted by Crippen LogP contribution is 2.23. The Bertz CT molecular complexity index is 449. The molecule has 3 N–H and O–H groups in total. The van der Waals surface area contributed by atoms with Gasteiger partial charge in [0, 0.05) is 12.1 Å². The molecule has 0 unspecified atom stereocenters. The van der Waals surface area contributed by atoms with Crippen LogP contribution >= 0.6 is 0 Å². The summed E-state index contributed by atoms with van der Waals surface area (Å²) in [4.78, 5) is 25.2. The summed E-state index contributed by atoms with van der Waals surface area (Å²) in [6.07, 6.45) is 0.0145. The summed E-state index contributed by atoms with van der Waals surface area (Å²) in [6.45, 7) is 1.78. The van der Waals surface area contributed by atoms with Crippen LogP contribution in [0.2, 0.25) is 0 Å². The maximum atomic E-state index is 10.9. The monoisotopic (exact) mass is 255 g/mol. The molecule has 98 valence electrons. The van der Waals surface area contributed by atoms with Gasteiger partial charge in [-0.2, -0.15) is 0 Å². The van der Waals surface area contributed by atoms with Gasteiger partial charge in [-0.15, -0.1) is 0 Å². The molecule has 0 fully saturated rings. The van der Waals surface area contributed by atoms with Crippen LogP contribution in [0.15, 0.2) is 18.2 Å². The molecule has 0 spiro atoms. The fourth-order valence-electron chi connectivity index (χ4n) is 1.27. The molecule has 0 atom stereocenters. The van der Waals surface area contributed by atoms with Gasteiger partial charge in [0.1, 0.15) is 5.75 Å². The number of hydrogen-bond acceptors (Lipinski definition) is 7. The number of benzene rings is 1. The molecule has 1 aromatic carbocycles. The van der Waals surface area contributed by atoms with Crippen molar-refractivity contribution in [2.45, 2.75) is 13.3 Å². The van der Waals surface area contributed by atoms with Crippen molar-refractivity contribution in [1.82, 2.24) is 5.59 Å². The van der Waals surface area contributed by atoms with Crippen molar-refractivity contribution in [3.8, 4) is 5.75 Å². The predicted molar refractivity (Wildman–Crippen MR) is 61.4 cm³/mol. The molecule has 0 amide bonds. The zero-order chi connectivity index (χ0) is 13.5. The van der Waals surface area contributed by atoms with Crippen molar-refractivity contribution < 1.29 is 19.3 Å². The minimum atomic E-state index is -0.558. The summed E-state index contributed by atoms with van der Waals surface area (Å²) >= 11 is 0. The van der Waals surface area contributed by atoms with Crippen LogP contribution in [0.4, 0.5) is 5.69 Å². The molecule has 0 bridgehead atoms. The smallest absolute Gasteiger partial charge is 0.329 e. The highest BCUT2D eigenvalue weighted by atomic mass is 16.7. The molecule has 8 heteroatoms. The van der Waals surface area contributed by atoms with Crippen LogP contribution in [0.25, 0.3) is 0 Å². The van der Waals surface area contributed by atoms with Crippen molar-refractivity contribution in [2.24, 2.45) is 5.84 Å². The second-order valence-corrected chi connectivity index (χ2v) is 3.40. The Morgan fingerprint density at radius 1 is 1.56 bits per heavy atom. The van der Waals surface area contributed by atoms with E-state index in [9.17, 15) is 14.9 Å². The number of carbonyl (C=O) groups is 1. The third-order valence-corrected chi connectivity index (χ3v) is 2.11. The van der Waals surface area contributed by atoms with E-state index in [1.807, 2.05) is 0 Å². The zero-order valence-electron chi connectivity index (χ0n) is 9.71. The number of nitro benzene ring substituents is 1. The van der Waals surface area contributed by atoms with E-state index in [-0.39, 0.29) is 18.7 Å². The normalized spacial score (nSPS) is 9.89. The van der Waals surface area contributed by atoms with E-state index in [4.69, 9.17) is 10.6 Å². The molecular weight excluding hydrogens is 242 g/mol. The van der Waals surface area contributed by atoms with Gasteiger partial charge >= 0.3 is 5.97 Å². The third-order valence-electron chi connectivity index (χ3n) is 2.11. The third kappa shape index (κ3) is 4.00. The second kappa shape index (κ2) is 6.52. The quantitative estimate of drug-likeness (QED) is 0.434. The maximum Gasteiger partial charge on any atom is 0.329 e. The van der Waals surface area contributed by atoms with E-state index in [2.05, 4.69) is 4.84 Å². The zero-order valence-corrected chi connectivity index (χ0v) is 9.71. The van der Waals surface area contributed by atoms with Crippen molar-refractivity contribution in [3.05, 3.63) is 33.9 Å². The van der Waals surface area contributed by atoms with Gasteiger partial charge in [0.25, 0.3) is 5.69 Å². The minimum Gasteiger partial charge on any atom is -0.493 e. The average Bonchev–Trinajstić information content (AvgIpc) is 2.31. The van der Waals surface area contributed by atoms with Crippen molar-refractivity contribution in [1.29, 1.82) is 0 Å². The summed E-state index contributed by atoms with van der Waals surface area (Å²) in [5, 5.41) is 10.5. The molecule has 0 saturated carbocycles. The molecule has 18 heavy (non-hydrogen) atoms. The largest absolute Gasteiger partial charge is 0.493 e. The topological polar surface area (TPSA) is 117 Å². The van der Waals surface area contributed by atoms with Gasteiger partial charge in [-0.05, 0) is 18.6 Å². The van der Waals surface area contributed by atoms with Crippen LogP contribution in [0.1, 0.15) is 12.0 Å². The standard InChI is InChI=1S/C10H13N3O5/c1-7-6-8(13(15)16)2-3-9(7)17-5-4-10(14)18-12-11/h2-3,6,12H,4-5,11H2,1H3. The summed E-state index contributed by atoms with van der Waals surface area (Å²) < 4.78 is 5.30. The van der Waals surface area contributed by atoms with Gasteiger partial charge in [0.2, 0.25) is 0 Å². The molecule has 1 aromatic rings. The molecule has 1 rings (SSSR count). The number of rotatable bonds is 6. The van der Waals surface area contributed by atoms with Gasteiger partial charge in [0.05, 0.1) is 18.0 Å². The number of carbonyl (C=O) groups excluding carboxylic acids is 1. The highest BCUT2D eigenvalue weighted by Gasteiger charge is 2.09. The number of nitro groups is 1. The fraction of sp³-hybridized carbons (Fsp3) is 0.300. The highest BCUT2D eigenvalue weighted by molar-refractivity contribution is 5.69. The molecule has 0 heterocycles. The lowest BCUT2D eigenvalue weighted by Gasteiger charge is -2.08. The molecule has 8 nitrogen and oxygen atoms in total. The van der Waals surface area contributed by atoms with E-state index < -0.39 is 10.9 Å². The van der Waals surface area contributed by atoms with Crippen LogP contribution < -0.4 is 16.2 Å². The Morgan fingerprint density at radius 3 is 2.83 bits per heavy atom. The number of nitrogens with two attached hydrogens (primary N) is 1. The van der Waals surface area contributed by atoms with Crippen LogP contribution in [0.3, 0.4) is 0 Å². The van der Waals surface area contributed by atoms with E-state index >= 15 is 0 Å². The first-order chi connectivity index (χ1) is 8.54. The van der Waals surface area contributed by atoms with E-state index in [0.717, 1.165) is 0 Å². The summed E-state index contributed by atoms with van der Waals surface area (Å²) in [6, 6.07) is 4.22. The number of ether oxygens (including phenoxy) is 1. The van der Waals surface area contributed by atoms with E-state index in [0.29, 0.717) is 11.3 Å². The molecule has 0 aromatic heterocycles. The van der Waals surface area contributed by atoms with Crippen LogP contribution in [-0.4, -0.2) is 17.5 Å². The van der Waals surface area contributed by atoms with Crippen molar-refractivity contribution >= 4 is 11.7 Å².